The highest BCUT2D eigenvalue weighted by Crippen LogP contribution is 2.53. The van der Waals surface area contributed by atoms with Gasteiger partial charge in [0, 0.05) is 54.6 Å². The Labute approximate surface area is 572 Å². The molecule has 8 nitrogen and oxygen atoms in total. The molecule has 0 amide bonds. The fraction of sp³-hybridized carbons (Fsp3) is 0. The number of hydrogen-bond acceptors (Lipinski definition) is 5. The zero-order chi connectivity index (χ0) is 76.4. The molecule has 0 aliphatic carbocycles. The van der Waals surface area contributed by atoms with Crippen molar-refractivity contribution in [1.82, 2.24) is 24.1 Å². The average molecular weight is 1240 g/mol. The van der Waals surface area contributed by atoms with Crippen LogP contribution >= 0.6 is 0 Å². The van der Waals surface area contributed by atoms with Crippen LogP contribution in [0.1, 0.15) is 20.6 Å². The Morgan fingerprint density at radius 1 is 0.312 bits per heavy atom. The summed E-state index contributed by atoms with van der Waals surface area (Å²) in [7, 11) is 0. The first kappa shape index (κ1) is 41.3. The zero-order valence-corrected chi connectivity index (χ0v) is 50.4. The number of fused-ring (bicyclic) bond motifs is 14. The maximum atomic E-state index is 10.3. The predicted octanol–water partition coefficient (Wildman–Crippen LogP) is 23.8. The van der Waals surface area contributed by atoms with Gasteiger partial charge in [0.2, 0.25) is 5.69 Å². The predicted molar refractivity (Wildman–Crippen MR) is 393 cm³/mol. The number of furan rings is 2. The van der Waals surface area contributed by atoms with Gasteiger partial charge in [-0.2, -0.15) is 0 Å². The van der Waals surface area contributed by atoms with Crippen molar-refractivity contribution in [3.63, 3.8) is 0 Å². The van der Waals surface area contributed by atoms with Gasteiger partial charge in [-0.25, -0.2) is 19.8 Å². The lowest BCUT2D eigenvalue weighted by Gasteiger charge is -2.25. The van der Waals surface area contributed by atoms with Crippen LogP contribution in [0.25, 0.3) is 194 Å². The molecule has 0 bridgehead atoms. The average Bonchev–Trinajstić information content (AvgIpc) is 1.56. The molecule has 14 aromatic carbocycles. The number of benzene rings is 14. The van der Waals surface area contributed by atoms with Crippen molar-refractivity contribution in [2.45, 2.75) is 0 Å². The Bertz CT molecular complexity index is 7170. The Kier molecular flexibility index (Phi) is 9.46. The van der Waals surface area contributed by atoms with Crippen LogP contribution < -0.4 is 0 Å². The molecule has 0 spiro atoms. The summed E-state index contributed by atoms with van der Waals surface area (Å²) in [5.41, 5.74) is 8.90. The molecular formula is C88H52N6O2. The number of nitrogens with zero attached hydrogens (tertiary/aromatic N) is 6. The van der Waals surface area contributed by atoms with E-state index >= 15 is 0 Å². The van der Waals surface area contributed by atoms with E-state index in [-0.39, 0.29) is 28.2 Å². The lowest BCUT2D eigenvalue weighted by Crippen LogP contribution is -2.09. The molecule has 0 aliphatic rings. The fourth-order valence-corrected chi connectivity index (χ4v) is 13.8. The second-order valence-electron chi connectivity index (χ2n) is 23.3. The molecule has 96 heavy (non-hydrogen) atoms. The standard InChI is InChI=1S/C88H52N6O2/c1-89-72-53-71(88-91-86(59-33-19-7-20-34-59)90-87(92-88)60-35-21-8-22-36-60)79(58-31-17-6-18-32-58)83(94-74-44-38-62(55-25-11-3-12-26-55)52-70(74)81-76(94)46-42-66-68-50-64(57-29-15-5-16-30-57)40-48-78(68)96-85(66)81)82(72)93-73-43-37-61(54-23-9-2-10-24-54)51-69(73)80-75(93)45-41-65-67-49-63(56-27-13-4-14-28-56)39-47-77(67)95-84(65)80/h2-53H/i6D,7D,8D,17D,18D,19D,20D,21D,22D,31D,32D,33D,34D,35D,36D. The summed E-state index contributed by atoms with van der Waals surface area (Å²) in [6.45, 7) is 9.82. The lowest BCUT2D eigenvalue weighted by atomic mass is 9.93. The molecule has 0 radical (unpaired) electrons. The lowest BCUT2D eigenvalue weighted by molar-refractivity contribution is 0.672. The van der Waals surface area contributed by atoms with Crippen molar-refractivity contribution in [2.24, 2.45) is 0 Å². The number of hydrogen-bond donors (Lipinski definition) is 0. The molecule has 0 atom stereocenters. The van der Waals surface area contributed by atoms with E-state index in [0.29, 0.717) is 65.9 Å². The maximum Gasteiger partial charge on any atom is 0.213 e. The molecule has 19 rings (SSSR count). The van der Waals surface area contributed by atoms with E-state index in [1.807, 2.05) is 209 Å². The van der Waals surface area contributed by atoms with Gasteiger partial charge in [-0.05, 0) is 129 Å². The van der Waals surface area contributed by atoms with E-state index in [4.69, 9.17) is 27.0 Å². The largest absolute Gasteiger partial charge is 0.455 e. The van der Waals surface area contributed by atoms with Crippen LogP contribution in [-0.2, 0) is 0 Å². The van der Waals surface area contributed by atoms with Crippen LogP contribution in [0.5, 0.6) is 0 Å². The van der Waals surface area contributed by atoms with Gasteiger partial charge in [0.25, 0.3) is 0 Å². The second-order valence-corrected chi connectivity index (χ2v) is 23.3. The quantitative estimate of drug-likeness (QED) is 0.128. The Morgan fingerprint density at radius 3 is 1.09 bits per heavy atom. The van der Waals surface area contributed by atoms with Crippen LogP contribution in [0.2, 0.25) is 0 Å². The summed E-state index contributed by atoms with van der Waals surface area (Å²) in [5.74, 6) is -1.87. The van der Waals surface area contributed by atoms with Crippen molar-refractivity contribution in [2.75, 3.05) is 0 Å². The van der Waals surface area contributed by atoms with Crippen molar-refractivity contribution in [3.8, 4) is 101 Å². The number of aromatic nitrogens is 5. The van der Waals surface area contributed by atoms with Gasteiger partial charge in [0.15, 0.2) is 17.5 Å². The first-order chi connectivity index (χ1) is 53.8. The maximum absolute atomic E-state index is 10.3. The summed E-state index contributed by atoms with van der Waals surface area (Å²) in [5, 5.41) is 5.55. The fourth-order valence-electron chi connectivity index (χ4n) is 13.8. The van der Waals surface area contributed by atoms with Crippen LogP contribution in [0.3, 0.4) is 0 Å². The van der Waals surface area contributed by atoms with Crippen molar-refractivity contribution in [1.29, 1.82) is 0 Å². The molecule has 5 aromatic heterocycles. The van der Waals surface area contributed by atoms with E-state index in [1.54, 1.807) is 0 Å². The highest BCUT2D eigenvalue weighted by atomic mass is 16.3. The molecule has 0 unspecified atom stereocenters. The third kappa shape index (κ3) is 8.72. The van der Waals surface area contributed by atoms with Crippen LogP contribution in [0.4, 0.5) is 5.69 Å². The zero-order valence-electron chi connectivity index (χ0n) is 65.4. The van der Waals surface area contributed by atoms with Gasteiger partial charge in [-0.1, -0.05) is 236 Å². The molecule has 19 aromatic rings. The molecule has 0 aliphatic heterocycles. The van der Waals surface area contributed by atoms with Gasteiger partial charge < -0.3 is 18.0 Å². The summed E-state index contributed by atoms with van der Waals surface area (Å²) < 4.78 is 158. The summed E-state index contributed by atoms with van der Waals surface area (Å²) >= 11 is 0. The summed E-state index contributed by atoms with van der Waals surface area (Å²) in [4.78, 5) is 19.1. The van der Waals surface area contributed by atoms with E-state index in [1.165, 1.54) is 6.07 Å². The first-order valence-corrected chi connectivity index (χ1v) is 30.9. The van der Waals surface area contributed by atoms with Gasteiger partial charge >= 0.3 is 0 Å². The second kappa shape index (κ2) is 22.0. The van der Waals surface area contributed by atoms with Crippen molar-refractivity contribution >= 4 is 93.2 Å². The van der Waals surface area contributed by atoms with Gasteiger partial charge in [-0.3, -0.25) is 0 Å². The molecule has 0 fully saturated rings. The highest BCUT2D eigenvalue weighted by molar-refractivity contribution is 6.27. The molecule has 446 valence electrons. The van der Waals surface area contributed by atoms with E-state index < -0.39 is 125 Å². The van der Waals surface area contributed by atoms with Crippen LogP contribution in [0, 0.1) is 6.57 Å². The Balaban J connectivity index is 1.05. The molecule has 0 saturated carbocycles. The van der Waals surface area contributed by atoms with Gasteiger partial charge in [-0.15, -0.1) is 0 Å². The number of rotatable bonds is 10. The molecule has 5 heterocycles. The van der Waals surface area contributed by atoms with Gasteiger partial charge in [0.05, 0.1) is 71.3 Å². The molecule has 8 heteroatoms. The molecular weight excluding hydrogens is 1170 g/mol. The monoisotopic (exact) mass is 1240 g/mol. The Hall–Kier alpha value is -13.2. The Morgan fingerprint density at radius 2 is 0.677 bits per heavy atom. The van der Waals surface area contributed by atoms with E-state index in [2.05, 4.69) is 28.0 Å². The molecule has 0 saturated heterocycles. The third-order valence-electron chi connectivity index (χ3n) is 18.1. The minimum absolute atomic E-state index is 0.0106. The molecule has 0 N–H and O–H groups in total. The minimum atomic E-state index is -0.796. The smallest absolute Gasteiger partial charge is 0.213 e. The summed E-state index contributed by atoms with van der Waals surface area (Å²) in [6.07, 6.45) is 0. The third-order valence-corrected chi connectivity index (χ3v) is 18.1. The van der Waals surface area contributed by atoms with Crippen molar-refractivity contribution in [3.05, 3.63) is 327 Å². The van der Waals surface area contributed by atoms with E-state index in [0.717, 1.165) is 66.1 Å². The van der Waals surface area contributed by atoms with E-state index in [9.17, 15) is 18.9 Å². The summed E-state index contributed by atoms with van der Waals surface area (Å²) in [6, 6.07) is 61.0. The van der Waals surface area contributed by atoms with Gasteiger partial charge in [0.1, 0.15) is 22.3 Å². The normalized spacial score (nSPS) is 13.9. The first-order valence-electron chi connectivity index (χ1n) is 38.4. The SMILES string of the molecule is [2H]c1c([2H])c([2H])c(-c2nc(-c3cc([N+]#[C-])c(-n4c5ccc(-c6ccccc6)cc5c5c6oc7ccc(-c8ccccc8)cc7c6ccc54)c(-n4c5ccc(-c6ccccc6)cc5c5c6oc7ccc(-c8ccccc8)cc7c6ccc54)c3-c3c([2H])c([2H])c([2H])c([2H])c3[2H])nc(-c3c([2H])c([2H])c([2H])c([2H])c3[2H])n2)c([2H])c1[2H]. The van der Waals surface area contributed by atoms with Crippen LogP contribution in [-0.4, -0.2) is 24.1 Å². The van der Waals surface area contributed by atoms with Crippen LogP contribution in [0.15, 0.2) is 324 Å². The van der Waals surface area contributed by atoms with Crippen molar-refractivity contribution < 1.29 is 29.4 Å². The minimum Gasteiger partial charge on any atom is -0.455 e. The highest BCUT2D eigenvalue weighted by Gasteiger charge is 2.32. The topological polar surface area (TPSA) is 79.2 Å².